The largest absolute Gasteiger partial charge is 0.497 e. The van der Waals surface area contributed by atoms with Gasteiger partial charge in [0.2, 0.25) is 0 Å². The van der Waals surface area contributed by atoms with Crippen LogP contribution in [0.2, 0.25) is 0 Å². The van der Waals surface area contributed by atoms with Crippen LogP contribution in [-0.2, 0) is 6.54 Å². The molecule has 0 saturated carbocycles. The Morgan fingerprint density at radius 1 is 1.33 bits per heavy atom. The quantitative estimate of drug-likeness (QED) is 0.782. The molecule has 0 amide bonds. The van der Waals surface area contributed by atoms with E-state index in [-0.39, 0.29) is 5.38 Å². The molecule has 1 unspecified atom stereocenters. The summed E-state index contributed by atoms with van der Waals surface area (Å²) in [5.41, 5.74) is 2.06. The fourth-order valence-corrected chi connectivity index (χ4v) is 2.28. The Morgan fingerprint density at radius 3 is 2.61 bits per heavy atom. The summed E-state index contributed by atoms with van der Waals surface area (Å²) in [6.07, 6.45) is 0. The van der Waals surface area contributed by atoms with Crippen molar-refractivity contribution in [3.05, 3.63) is 24.0 Å². The Hall–Kier alpha value is -1.22. The number of benzene rings is 1. The lowest BCUT2D eigenvalue weighted by molar-refractivity contribution is 0.415. The lowest BCUT2D eigenvalue weighted by Crippen LogP contribution is -2.08. The molecule has 2 rings (SSSR count). The van der Waals surface area contributed by atoms with Crippen molar-refractivity contribution in [2.75, 3.05) is 7.11 Å². The number of imidazole rings is 1. The molecule has 3 nitrogen and oxygen atoms in total. The molecule has 0 spiro atoms. The number of halogens is 1. The van der Waals surface area contributed by atoms with Crippen LogP contribution in [0.5, 0.6) is 5.75 Å². The van der Waals surface area contributed by atoms with Crippen LogP contribution in [-0.4, -0.2) is 16.7 Å². The van der Waals surface area contributed by atoms with E-state index in [0.717, 1.165) is 29.2 Å². The van der Waals surface area contributed by atoms with Gasteiger partial charge in [0.15, 0.2) is 0 Å². The van der Waals surface area contributed by atoms with Crippen molar-refractivity contribution in [2.45, 2.75) is 32.7 Å². The van der Waals surface area contributed by atoms with Crippen LogP contribution < -0.4 is 4.74 Å². The Kier molecular flexibility index (Phi) is 3.81. The first kappa shape index (κ1) is 13.2. The van der Waals surface area contributed by atoms with E-state index in [1.165, 1.54) is 0 Å². The number of fused-ring (bicyclic) bond motifs is 1. The smallest absolute Gasteiger partial charge is 0.127 e. The average molecular weight is 267 g/mol. The first-order valence-electron chi connectivity index (χ1n) is 6.21. The molecule has 1 aromatic carbocycles. The molecule has 0 aliphatic heterocycles. The maximum atomic E-state index is 6.22. The van der Waals surface area contributed by atoms with Gasteiger partial charge < -0.3 is 9.30 Å². The van der Waals surface area contributed by atoms with Gasteiger partial charge in [-0.25, -0.2) is 4.98 Å². The highest BCUT2D eigenvalue weighted by atomic mass is 35.5. The van der Waals surface area contributed by atoms with Crippen molar-refractivity contribution >= 4 is 22.6 Å². The minimum absolute atomic E-state index is 0.0952. The van der Waals surface area contributed by atoms with Gasteiger partial charge in [-0.2, -0.15) is 0 Å². The molecule has 1 heterocycles. The number of alkyl halides is 1. The van der Waals surface area contributed by atoms with Crippen molar-refractivity contribution in [1.29, 1.82) is 0 Å². The minimum Gasteiger partial charge on any atom is -0.497 e. The number of rotatable bonds is 4. The second-order valence-corrected chi connectivity index (χ2v) is 5.60. The molecule has 0 fully saturated rings. The van der Waals surface area contributed by atoms with E-state index in [1.807, 2.05) is 25.1 Å². The van der Waals surface area contributed by atoms with Gasteiger partial charge >= 0.3 is 0 Å². The van der Waals surface area contributed by atoms with Crippen LogP contribution in [0.15, 0.2) is 18.2 Å². The Bertz CT molecular complexity index is 546. The molecule has 0 N–H and O–H groups in total. The van der Waals surface area contributed by atoms with E-state index in [4.69, 9.17) is 16.3 Å². The molecular weight excluding hydrogens is 248 g/mol. The van der Waals surface area contributed by atoms with Crippen molar-refractivity contribution in [3.8, 4) is 5.75 Å². The first-order valence-corrected chi connectivity index (χ1v) is 6.64. The van der Waals surface area contributed by atoms with Crippen LogP contribution in [0.3, 0.4) is 0 Å². The maximum absolute atomic E-state index is 6.22. The highest BCUT2D eigenvalue weighted by Gasteiger charge is 2.16. The van der Waals surface area contributed by atoms with Gasteiger partial charge in [0.1, 0.15) is 11.6 Å². The van der Waals surface area contributed by atoms with Gasteiger partial charge in [-0.15, -0.1) is 11.6 Å². The third-order valence-corrected chi connectivity index (χ3v) is 3.08. The highest BCUT2D eigenvalue weighted by Crippen LogP contribution is 2.27. The normalized spacial score (nSPS) is 13.2. The molecule has 1 atom stereocenters. The number of hydrogen-bond donors (Lipinski definition) is 0. The molecule has 0 aliphatic carbocycles. The van der Waals surface area contributed by atoms with E-state index < -0.39 is 0 Å². The SMILES string of the molecule is COc1ccc2c(c1)nc(C(C)Cl)n2CC(C)C. The maximum Gasteiger partial charge on any atom is 0.127 e. The first-order chi connectivity index (χ1) is 8.52. The zero-order valence-electron chi connectivity index (χ0n) is 11.3. The summed E-state index contributed by atoms with van der Waals surface area (Å²) in [6, 6.07) is 5.96. The second kappa shape index (κ2) is 5.19. The number of hydrogen-bond acceptors (Lipinski definition) is 2. The van der Waals surface area contributed by atoms with Crippen molar-refractivity contribution < 1.29 is 4.74 Å². The van der Waals surface area contributed by atoms with Crippen LogP contribution in [0.4, 0.5) is 0 Å². The molecule has 0 bridgehead atoms. The molecule has 0 saturated heterocycles. The standard InChI is InChI=1S/C14H19ClN2O/c1-9(2)8-17-13-6-5-11(18-4)7-12(13)16-14(17)10(3)15/h5-7,9-10H,8H2,1-4H3. The monoisotopic (exact) mass is 266 g/mol. The predicted molar refractivity (Wildman–Crippen MR) is 75.4 cm³/mol. The second-order valence-electron chi connectivity index (χ2n) is 4.95. The Labute approximate surface area is 113 Å². The summed E-state index contributed by atoms with van der Waals surface area (Å²) in [5.74, 6) is 2.30. The van der Waals surface area contributed by atoms with Crippen molar-refractivity contribution in [3.63, 3.8) is 0 Å². The molecule has 1 aromatic heterocycles. The highest BCUT2D eigenvalue weighted by molar-refractivity contribution is 6.20. The Morgan fingerprint density at radius 2 is 2.06 bits per heavy atom. The number of ether oxygens (including phenoxy) is 1. The van der Waals surface area contributed by atoms with Gasteiger partial charge in [0.05, 0.1) is 23.5 Å². The van der Waals surface area contributed by atoms with Crippen molar-refractivity contribution in [2.24, 2.45) is 5.92 Å². The molecule has 0 radical (unpaired) electrons. The molecule has 98 valence electrons. The van der Waals surface area contributed by atoms with Gasteiger partial charge in [0.25, 0.3) is 0 Å². The zero-order valence-corrected chi connectivity index (χ0v) is 12.0. The lowest BCUT2D eigenvalue weighted by Gasteiger charge is -2.12. The number of nitrogens with zero attached hydrogens (tertiary/aromatic N) is 2. The van der Waals surface area contributed by atoms with Gasteiger partial charge in [0, 0.05) is 12.6 Å². The summed E-state index contributed by atoms with van der Waals surface area (Å²) in [7, 11) is 1.66. The van der Waals surface area contributed by atoms with Gasteiger partial charge in [-0.05, 0) is 25.0 Å². The Balaban J connectivity index is 2.59. The topological polar surface area (TPSA) is 27.1 Å². The van der Waals surface area contributed by atoms with Crippen LogP contribution in [0.1, 0.15) is 32.0 Å². The number of aromatic nitrogens is 2. The summed E-state index contributed by atoms with van der Waals surface area (Å²) in [4.78, 5) is 4.62. The van der Waals surface area contributed by atoms with E-state index in [9.17, 15) is 0 Å². The van der Waals surface area contributed by atoms with Crippen LogP contribution in [0, 0.1) is 5.92 Å². The summed E-state index contributed by atoms with van der Waals surface area (Å²) in [5, 5.41) is -0.0952. The zero-order chi connectivity index (χ0) is 13.3. The molecule has 2 aromatic rings. The third kappa shape index (κ3) is 2.46. The van der Waals surface area contributed by atoms with E-state index in [1.54, 1.807) is 7.11 Å². The van der Waals surface area contributed by atoms with E-state index >= 15 is 0 Å². The minimum atomic E-state index is -0.0952. The van der Waals surface area contributed by atoms with E-state index in [0.29, 0.717) is 5.92 Å². The van der Waals surface area contributed by atoms with E-state index in [2.05, 4.69) is 23.4 Å². The third-order valence-electron chi connectivity index (χ3n) is 2.89. The van der Waals surface area contributed by atoms with Crippen LogP contribution in [0.25, 0.3) is 11.0 Å². The fourth-order valence-electron chi connectivity index (χ4n) is 2.12. The molecule has 18 heavy (non-hydrogen) atoms. The lowest BCUT2D eigenvalue weighted by atomic mass is 10.2. The molecule has 0 aliphatic rings. The average Bonchev–Trinajstić information content (AvgIpc) is 2.66. The molecule has 4 heteroatoms. The summed E-state index contributed by atoms with van der Waals surface area (Å²) < 4.78 is 7.44. The number of methoxy groups -OCH3 is 1. The fraction of sp³-hybridized carbons (Fsp3) is 0.500. The van der Waals surface area contributed by atoms with Gasteiger partial charge in [-0.3, -0.25) is 0 Å². The van der Waals surface area contributed by atoms with Gasteiger partial charge in [-0.1, -0.05) is 13.8 Å². The van der Waals surface area contributed by atoms with Crippen LogP contribution >= 0.6 is 11.6 Å². The predicted octanol–water partition coefficient (Wildman–Crippen LogP) is 4.00. The van der Waals surface area contributed by atoms with Crippen molar-refractivity contribution in [1.82, 2.24) is 9.55 Å². The summed E-state index contributed by atoms with van der Waals surface area (Å²) >= 11 is 6.22. The summed E-state index contributed by atoms with van der Waals surface area (Å²) in [6.45, 7) is 7.27. The molecular formula is C14H19ClN2O.